The smallest absolute Gasteiger partial charge is 0.0712 e. The Kier molecular flexibility index (Phi) is 6.86. The van der Waals surface area contributed by atoms with Crippen molar-refractivity contribution in [2.24, 2.45) is 0 Å². The first-order valence-electron chi connectivity index (χ1n) is 20.0. The molecule has 0 N–H and O–H groups in total. The minimum absolute atomic E-state index is 0.213. The zero-order valence-electron chi connectivity index (χ0n) is 31.6. The first kappa shape index (κ1) is 32.1. The van der Waals surface area contributed by atoms with Crippen LogP contribution in [0.5, 0.6) is 0 Å². The fourth-order valence-electron chi connectivity index (χ4n) is 10.1. The highest BCUT2D eigenvalue weighted by molar-refractivity contribution is 6.16. The van der Waals surface area contributed by atoms with E-state index in [4.69, 9.17) is 0 Å². The molecule has 0 fully saturated rings. The first-order chi connectivity index (χ1) is 28.1. The molecule has 2 unspecified atom stereocenters. The molecular formula is C55H38N2. The summed E-state index contributed by atoms with van der Waals surface area (Å²) in [5.74, 6) is 0.213. The second-order valence-corrected chi connectivity index (χ2v) is 15.9. The van der Waals surface area contributed by atoms with Gasteiger partial charge in [-0.05, 0) is 100.0 Å². The highest BCUT2D eigenvalue weighted by atomic mass is 15.1. The summed E-state index contributed by atoms with van der Waals surface area (Å²) < 4.78 is 5.05. The molecule has 2 heteroatoms. The molecule has 0 saturated carbocycles. The number of nitrogens with zero attached hydrogens (tertiary/aromatic N) is 2. The van der Waals surface area contributed by atoms with E-state index < -0.39 is 0 Å². The topological polar surface area (TPSA) is 9.86 Å². The molecule has 0 radical (unpaired) electrons. The first-order valence-corrected chi connectivity index (χ1v) is 20.0. The lowest BCUT2D eigenvalue weighted by atomic mass is 9.76. The van der Waals surface area contributed by atoms with Crippen LogP contribution in [-0.2, 0) is 5.54 Å². The summed E-state index contributed by atoms with van der Waals surface area (Å²) in [7, 11) is 0. The van der Waals surface area contributed by atoms with Crippen LogP contribution in [0.25, 0.3) is 93.8 Å². The second-order valence-electron chi connectivity index (χ2n) is 15.9. The number of para-hydroxylation sites is 2. The van der Waals surface area contributed by atoms with Crippen LogP contribution < -0.4 is 0 Å². The average molecular weight is 727 g/mol. The van der Waals surface area contributed by atoms with Crippen LogP contribution in [0, 0.1) is 0 Å². The van der Waals surface area contributed by atoms with Crippen LogP contribution in [0.3, 0.4) is 0 Å². The number of hydrogen-bond donors (Lipinski definition) is 0. The Bertz CT molecular complexity index is 3280. The standard InChI is InChI=1S/C55H38N2/c1-55-32-12-11-19-50(55)44-16-6-5-15-43(44)48-34-41(35-49-46-18-8-10-21-53(46)57(55)54(48)49)40-28-31-52-47(33-40)45-17-7-9-20-51(45)56(52)42-29-26-39(27-30-42)38-24-22-37(23-25-38)36-13-3-2-4-14-36/h2-35,50H,1H3. The van der Waals surface area contributed by atoms with Crippen LogP contribution in [-0.4, -0.2) is 9.13 Å². The third kappa shape index (κ3) is 4.71. The molecule has 2 atom stereocenters. The van der Waals surface area contributed by atoms with Gasteiger partial charge in [0.05, 0.1) is 22.1 Å². The molecule has 0 amide bonds. The Morgan fingerprint density at radius 3 is 1.77 bits per heavy atom. The molecule has 0 saturated heterocycles. The van der Waals surface area contributed by atoms with Crippen molar-refractivity contribution in [1.82, 2.24) is 9.13 Å². The van der Waals surface area contributed by atoms with Crippen LogP contribution in [0.4, 0.5) is 0 Å². The number of aromatic nitrogens is 2. The molecule has 0 bridgehead atoms. The molecular weight excluding hydrogens is 689 g/mol. The van der Waals surface area contributed by atoms with Crippen molar-refractivity contribution in [3.05, 3.63) is 212 Å². The van der Waals surface area contributed by atoms with Crippen molar-refractivity contribution in [3.8, 4) is 50.2 Å². The summed E-state index contributed by atoms with van der Waals surface area (Å²) >= 11 is 0. The largest absolute Gasteiger partial charge is 0.329 e. The van der Waals surface area contributed by atoms with Gasteiger partial charge in [0.15, 0.2) is 0 Å². The van der Waals surface area contributed by atoms with Gasteiger partial charge in [-0.2, -0.15) is 0 Å². The van der Waals surface area contributed by atoms with Crippen molar-refractivity contribution < 1.29 is 0 Å². The van der Waals surface area contributed by atoms with Gasteiger partial charge in [-0.1, -0.05) is 158 Å². The molecule has 268 valence electrons. The van der Waals surface area contributed by atoms with Crippen molar-refractivity contribution in [2.75, 3.05) is 0 Å². The van der Waals surface area contributed by atoms with Gasteiger partial charge in [-0.25, -0.2) is 0 Å². The van der Waals surface area contributed by atoms with Crippen molar-refractivity contribution in [2.45, 2.75) is 18.4 Å². The Balaban J connectivity index is 1.01. The molecule has 2 aliphatic rings. The molecule has 12 rings (SSSR count). The maximum absolute atomic E-state index is 2.63. The van der Waals surface area contributed by atoms with Crippen molar-refractivity contribution >= 4 is 43.6 Å². The average Bonchev–Trinajstić information content (AvgIpc) is 3.77. The summed E-state index contributed by atoms with van der Waals surface area (Å²) in [4.78, 5) is 0. The normalized spacial score (nSPS) is 17.0. The maximum atomic E-state index is 2.63. The van der Waals surface area contributed by atoms with E-state index in [0.717, 1.165) is 5.69 Å². The third-order valence-electron chi connectivity index (χ3n) is 12.8. The predicted molar refractivity (Wildman–Crippen MR) is 240 cm³/mol. The van der Waals surface area contributed by atoms with Crippen LogP contribution in [0.2, 0.25) is 0 Å². The van der Waals surface area contributed by atoms with Crippen molar-refractivity contribution in [1.29, 1.82) is 0 Å². The summed E-state index contributed by atoms with van der Waals surface area (Å²) in [5, 5.41) is 5.11. The van der Waals surface area contributed by atoms with Crippen molar-refractivity contribution in [3.63, 3.8) is 0 Å². The van der Waals surface area contributed by atoms with Crippen LogP contribution >= 0.6 is 0 Å². The Hall–Kier alpha value is -7.16. The lowest BCUT2D eigenvalue weighted by Gasteiger charge is -2.37. The monoisotopic (exact) mass is 726 g/mol. The van der Waals surface area contributed by atoms with E-state index in [0.29, 0.717) is 0 Å². The number of benzene rings is 8. The van der Waals surface area contributed by atoms with E-state index >= 15 is 0 Å². The quantitative estimate of drug-likeness (QED) is 0.171. The Morgan fingerprint density at radius 1 is 0.421 bits per heavy atom. The van der Waals surface area contributed by atoms with Gasteiger partial charge in [0.2, 0.25) is 0 Å². The van der Waals surface area contributed by atoms with Gasteiger partial charge in [-0.15, -0.1) is 0 Å². The summed E-state index contributed by atoms with van der Waals surface area (Å²) in [6.07, 6.45) is 9.25. The summed E-state index contributed by atoms with van der Waals surface area (Å²) in [5.41, 5.74) is 17.2. The van der Waals surface area contributed by atoms with E-state index in [1.807, 2.05) is 0 Å². The lowest BCUT2D eigenvalue weighted by Crippen LogP contribution is -2.34. The van der Waals surface area contributed by atoms with E-state index in [2.05, 4.69) is 222 Å². The Labute approximate surface area is 331 Å². The van der Waals surface area contributed by atoms with Gasteiger partial charge in [-0.3, -0.25) is 0 Å². The summed E-state index contributed by atoms with van der Waals surface area (Å²) in [6, 6.07) is 67.3. The van der Waals surface area contributed by atoms with E-state index in [1.165, 1.54) is 93.7 Å². The second kappa shape index (κ2) is 12.2. The summed E-state index contributed by atoms with van der Waals surface area (Å²) in [6.45, 7) is 2.41. The fraction of sp³-hybridized carbons (Fsp3) is 0.0545. The molecule has 2 nitrogen and oxygen atoms in total. The molecule has 0 spiro atoms. The van der Waals surface area contributed by atoms with E-state index in [1.54, 1.807) is 0 Å². The Morgan fingerprint density at radius 2 is 1.00 bits per heavy atom. The molecule has 10 aromatic rings. The SMILES string of the molecule is CC12C=CC=CC1c1ccccc1-c1cc(-c3ccc4c(c3)c3ccccc3n4-c3ccc(-c4ccc(-c5ccccc5)cc4)cc3)cc3c4ccccc4n2c13. The lowest BCUT2D eigenvalue weighted by molar-refractivity contribution is 0.390. The molecule has 8 aromatic carbocycles. The highest BCUT2D eigenvalue weighted by Crippen LogP contribution is 2.53. The zero-order valence-corrected chi connectivity index (χ0v) is 31.6. The van der Waals surface area contributed by atoms with Gasteiger partial charge >= 0.3 is 0 Å². The van der Waals surface area contributed by atoms with Gasteiger partial charge in [0.1, 0.15) is 0 Å². The van der Waals surface area contributed by atoms with Gasteiger partial charge in [0.25, 0.3) is 0 Å². The highest BCUT2D eigenvalue weighted by Gasteiger charge is 2.40. The fourth-order valence-corrected chi connectivity index (χ4v) is 10.1. The van der Waals surface area contributed by atoms with Gasteiger partial charge in [0, 0.05) is 44.2 Å². The van der Waals surface area contributed by atoms with Crippen LogP contribution in [0.15, 0.2) is 206 Å². The van der Waals surface area contributed by atoms with Gasteiger partial charge < -0.3 is 9.13 Å². The number of hydrogen-bond acceptors (Lipinski definition) is 0. The third-order valence-corrected chi connectivity index (χ3v) is 12.8. The minimum Gasteiger partial charge on any atom is -0.329 e. The maximum Gasteiger partial charge on any atom is 0.0712 e. The molecule has 57 heavy (non-hydrogen) atoms. The molecule has 3 heterocycles. The zero-order chi connectivity index (χ0) is 37.7. The number of allylic oxidation sites excluding steroid dienone is 4. The molecule has 1 aliphatic heterocycles. The van der Waals surface area contributed by atoms with E-state index in [9.17, 15) is 0 Å². The predicted octanol–water partition coefficient (Wildman–Crippen LogP) is 14.5. The minimum atomic E-state index is -0.245. The van der Waals surface area contributed by atoms with Crippen LogP contribution in [0.1, 0.15) is 18.4 Å². The molecule has 1 aliphatic carbocycles. The van der Waals surface area contributed by atoms with E-state index in [-0.39, 0.29) is 11.5 Å². The number of fused-ring (bicyclic) bond motifs is 11. The molecule has 2 aromatic heterocycles. The number of rotatable bonds is 4.